The van der Waals surface area contributed by atoms with Gasteiger partial charge < -0.3 is 10.1 Å². The molecule has 3 rings (SSSR count). The van der Waals surface area contributed by atoms with Gasteiger partial charge in [0.25, 0.3) is 0 Å². The molecule has 0 aliphatic heterocycles. The highest BCUT2D eigenvalue weighted by Crippen LogP contribution is 2.30. The van der Waals surface area contributed by atoms with E-state index >= 15 is 0 Å². The van der Waals surface area contributed by atoms with Crippen LogP contribution < -0.4 is 10.1 Å². The Labute approximate surface area is 120 Å². The lowest BCUT2D eigenvalue weighted by atomic mass is 9.96. The normalized spacial score (nSPS) is 14.3. The number of nitrogens with one attached hydrogen (secondary N) is 1. The molecule has 0 atom stereocenters. The summed E-state index contributed by atoms with van der Waals surface area (Å²) in [5.41, 5.74) is 5.23. The van der Waals surface area contributed by atoms with Gasteiger partial charge in [-0.2, -0.15) is 0 Å². The molecule has 2 aromatic rings. The predicted molar refractivity (Wildman–Crippen MR) is 83.0 cm³/mol. The molecule has 20 heavy (non-hydrogen) atoms. The molecular weight excluding hydrogens is 246 g/mol. The summed E-state index contributed by atoms with van der Waals surface area (Å²) >= 11 is 0. The van der Waals surface area contributed by atoms with Crippen molar-refractivity contribution < 1.29 is 4.74 Å². The number of hydrogen-bond donors (Lipinski definition) is 1. The smallest absolute Gasteiger partial charge is 0.119 e. The lowest BCUT2D eigenvalue weighted by Crippen LogP contribution is -2.15. The average molecular weight is 267 g/mol. The van der Waals surface area contributed by atoms with E-state index in [9.17, 15) is 0 Å². The van der Waals surface area contributed by atoms with Crippen molar-refractivity contribution in [3.8, 4) is 16.9 Å². The van der Waals surface area contributed by atoms with Crippen LogP contribution in [0.25, 0.3) is 11.1 Å². The van der Waals surface area contributed by atoms with Crippen LogP contribution in [-0.2, 0) is 6.54 Å². The predicted octanol–water partition coefficient (Wildman–Crippen LogP) is 3.92. The van der Waals surface area contributed by atoms with E-state index in [4.69, 9.17) is 4.74 Å². The van der Waals surface area contributed by atoms with Crippen LogP contribution in [0.3, 0.4) is 0 Å². The van der Waals surface area contributed by atoms with Crippen LogP contribution in [0, 0.1) is 6.92 Å². The second-order valence-corrected chi connectivity index (χ2v) is 5.49. The van der Waals surface area contributed by atoms with Gasteiger partial charge in [-0.1, -0.05) is 30.3 Å². The van der Waals surface area contributed by atoms with Crippen LogP contribution in [0.5, 0.6) is 5.75 Å². The summed E-state index contributed by atoms with van der Waals surface area (Å²) < 4.78 is 5.29. The molecular formula is C18H21NO. The third-order valence-corrected chi connectivity index (χ3v) is 3.90. The van der Waals surface area contributed by atoms with Crippen LogP contribution in [0.15, 0.2) is 42.5 Å². The summed E-state index contributed by atoms with van der Waals surface area (Å²) in [5, 5.41) is 3.60. The van der Waals surface area contributed by atoms with E-state index in [-0.39, 0.29) is 0 Å². The molecule has 0 bridgehead atoms. The third-order valence-electron chi connectivity index (χ3n) is 3.90. The first kappa shape index (κ1) is 13.2. The minimum Gasteiger partial charge on any atom is -0.497 e. The molecule has 104 valence electrons. The quantitative estimate of drug-likeness (QED) is 0.886. The molecule has 0 amide bonds. The maximum absolute atomic E-state index is 5.29. The first-order valence-corrected chi connectivity index (χ1v) is 7.24. The zero-order valence-corrected chi connectivity index (χ0v) is 12.1. The monoisotopic (exact) mass is 267 g/mol. The minimum absolute atomic E-state index is 0.736. The Morgan fingerprint density at radius 1 is 1.10 bits per heavy atom. The Morgan fingerprint density at radius 2 is 1.90 bits per heavy atom. The maximum atomic E-state index is 5.29. The highest BCUT2D eigenvalue weighted by molar-refractivity contribution is 5.71. The summed E-state index contributed by atoms with van der Waals surface area (Å²) in [7, 11) is 1.71. The van der Waals surface area contributed by atoms with Crippen LogP contribution >= 0.6 is 0 Å². The summed E-state index contributed by atoms with van der Waals surface area (Å²) in [6, 6.07) is 15.7. The van der Waals surface area contributed by atoms with E-state index in [1.54, 1.807) is 7.11 Å². The fourth-order valence-electron chi connectivity index (χ4n) is 2.54. The Balaban J connectivity index is 1.91. The lowest BCUT2D eigenvalue weighted by molar-refractivity contribution is 0.414. The van der Waals surface area contributed by atoms with Gasteiger partial charge in [0, 0.05) is 12.6 Å². The highest BCUT2D eigenvalue weighted by atomic mass is 16.5. The van der Waals surface area contributed by atoms with Gasteiger partial charge in [0.05, 0.1) is 7.11 Å². The number of rotatable bonds is 5. The zero-order chi connectivity index (χ0) is 13.9. The molecule has 0 saturated heterocycles. The Bertz CT molecular complexity index is 602. The first-order chi connectivity index (χ1) is 9.78. The van der Waals surface area contributed by atoms with Gasteiger partial charge in [-0.3, -0.25) is 0 Å². The van der Waals surface area contributed by atoms with Crippen molar-refractivity contribution >= 4 is 0 Å². The van der Waals surface area contributed by atoms with Crippen LogP contribution in [0.1, 0.15) is 24.0 Å². The van der Waals surface area contributed by atoms with E-state index in [1.165, 1.54) is 35.1 Å². The minimum atomic E-state index is 0.736. The van der Waals surface area contributed by atoms with Crippen LogP contribution in [0.4, 0.5) is 0 Å². The van der Waals surface area contributed by atoms with Gasteiger partial charge in [-0.25, -0.2) is 0 Å². The number of ether oxygens (including phenoxy) is 1. The standard InChI is InChI=1S/C18H21NO/c1-13-11-16(20-2)9-10-17(13)18-6-4-3-5-14(18)12-19-15-7-8-15/h3-6,9-11,15,19H,7-8,12H2,1-2H3. The molecule has 0 aromatic heterocycles. The number of aryl methyl sites for hydroxylation is 1. The molecule has 1 aliphatic carbocycles. The van der Waals surface area contributed by atoms with Crippen molar-refractivity contribution in [3.63, 3.8) is 0 Å². The molecule has 2 nitrogen and oxygen atoms in total. The zero-order valence-electron chi connectivity index (χ0n) is 12.1. The van der Waals surface area contributed by atoms with Gasteiger partial charge in [-0.15, -0.1) is 0 Å². The fraction of sp³-hybridized carbons (Fsp3) is 0.333. The van der Waals surface area contributed by atoms with Crippen molar-refractivity contribution in [1.82, 2.24) is 5.32 Å². The van der Waals surface area contributed by atoms with Crippen LogP contribution in [-0.4, -0.2) is 13.2 Å². The molecule has 0 radical (unpaired) electrons. The van der Waals surface area contributed by atoms with Crippen molar-refractivity contribution in [3.05, 3.63) is 53.6 Å². The third kappa shape index (κ3) is 2.86. The lowest BCUT2D eigenvalue weighted by Gasteiger charge is -2.13. The highest BCUT2D eigenvalue weighted by Gasteiger charge is 2.20. The first-order valence-electron chi connectivity index (χ1n) is 7.24. The molecule has 2 aromatic carbocycles. The van der Waals surface area contributed by atoms with E-state index in [1.807, 2.05) is 6.07 Å². The van der Waals surface area contributed by atoms with Crippen molar-refractivity contribution in [2.45, 2.75) is 32.4 Å². The number of hydrogen-bond acceptors (Lipinski definition) is 2. The van der Waals surface area contributed by atoms with Crippen molar-refractivity contribution in [1.29, 1.82) is 0 Å². The van der Waals surface area contributed by atoms with Gasteiger partial charge >= 0.3 is 0 Å². The van der Waals surface area contributed by atoms with Gasteiger partial charge in [0.1, 0.15) is 5.75 Å². The molecule has 2 heteroatoms. The fourth-order valence-corrected chi connectivity index (χ4v) is 2.54. The Hall–Kier alpha value is -1.80. The van der Waals surface area contributed by atoms with Crippen molar-refractivity contribution in [2.24, 2.45) is 0 Å². The van der Waals surface area contributed by atoms with Crippen LogP contribution in [0.2, 0.25) is 0 Å². The largest absolute Gasteiger partial charge is 0.497 e. The molecule has 1 fully saturated rings. The number of benzene rings is 2. The Kier molecular flexibility index (Phi) is 3.75. The van der Waals surface area contributed by atoms with E-state index in [0.29, 0.717) is 0 Å². The summed E-state index contributed by atoms with van der Waals surface area (Å²) in [4.78, 5) is 0. The van der Waals surface area contributed by atoms with E-state index in [0.717, 1.165) is 18.3 Å². The van der Waals surface area contributed by atoms with E-state index < -0.39 is 0 Å². The van der Waals surface area contributed by atoms with Gasteiger partial charge in [-0.05, 0) is 54.2 Å². The summed E-state index contributed by atoms with van der Waals surface area (Å²) in [5.74, 6) is 0.917. The molecule has 1 N–H and O–H groups in total. The average Bonchev–Trinajstić information content (AvgIpc) is 3.29. The molecule has 0 unspecified atom stereocenters. The molecule has 0 spiro atoms. The summed E-state index contributed by atoms with van der Waals surface area (Å²) in [6.45, 7) is 3.09. The molecule has 0 heterocycles. The maximum Gasteiger partial charge on any atom is 0.119 e. The number of methoxy groups -OCH3 is 1. The molecule has 1 aliphatic rings. The van der Waals surface area contributed by atoms with E-state index in [2.05, 4.69) is 48.6 Å². The Morgan fingerprint density at radius 3 is 2.60 bits per heavy atom. The van der Waals surface area contributed by atoms with Gasteiger partial charge in [0.2, 0.25) is 0 Å². The second-order valence-electron chi connectivity index (χ2n) is 5.49. The summed E-state index contributed by atoms with van der Waals surface area (Å²) in [6.07, 6.45) is 2.65. The topological polar surface area (TPSA) is 21.3 Å². The SMILES string of the molecule is COc1ccc(-c2ccccc2CNC2CC2)c(C)c1. The molecule has 1 saturated carbocycles. The second kappa shape index (κ2) is 5.68. The van der Waals surface area contributed by atoms with Gasteiger partial charge in [0.15, 0.2) is 0 Å². The van der Waals surface area contributed by atoms with Crippen molar-refractivity contribution in [2.75, 3.05) is 7.11 Å².